The Morgan fingerprint density at radius 1 is 0.556 bits per heavy atom. The Morgan fingerprint density at radius 2 is 0.889 bits per heavy atom. The molecule has 0 aromatic rings. The molecule has 2 heteroatoms. The highest BCUT2D eigenvalue weighted by atomic mass is 79.9. The van der Waals surface area contributed by atoms with Crippen LogP contribution in [0, 0.1) is 0 Å². The standard InChI is InChI=1S/C7H14Br2/c8-6-4-2-1-3-5-7-9/h1-7H2/i4+1,5+1,6+1,7+1. The van der Waals surface area contributed by atoms with Gasteiger partial charge in [0.15, 0.2) is 0 Å². The minimum Gasteiger partial charge on any atom is -0.0928 e. The van der Waals surface area contributed by atoms with Gasteiger partial charge in [0.2, 0.25) is 0 Å². The summed E-state index contributed by atoms with van der Waals surface area (Å²) in [6.45, 7) is 0. The van der Waals surface area contributed by atoms with E-state index in [1.165, 1.54) is 42.8 Å². The van der Waals surface area contributed by atoms with Gasteiger partial charge in [0, 0.05) is 10.7 Å². The van der Waals surface area contributed by atoms with Crippen molar-refractivity contribution in [3.63, 3.8) is 0 Å². The van der Waals surface area contributed by atoms with Gasteiger partial charge in [0.25, 0.3) is 0 Å². The summed E-state index contributed by atoms with van der Waals surface area (Å²) in [4.78, 5) is 0. The van der Waals surface area contributed by atoms with Gasteiger partial charge < -0.3 is 0 Å². The van der Waals surface area contributed by atoms with E-state index in [9.17, 15) is 0 Å². The second-order valence-electron chi connectivity index (χ2n) is 2.15. The van der Waals surface area contributed by atoms with Crippen molar-refractivity contribution in [1.29, 1.82) is 0 Å². The highest BCUT2D eigenvalue weighted by Gasteiger charge is 1.86. The molecule has 0 unspecified atom stereocenters. The molecular formula is C7H14Br2. The predicted molar refractivity (Wildman–Crippen MR) is 50.7 cm³/mol. The molecule has 0 nitrogen and oxygen atoms in total. The lowest BCUT2D eigenvalue weighted by Crippen LogP contribution is -1.79. The van der Waals surface area contributed by atoms with E-state index in [0.29, 0.717) is 0 Å². The third-order valence-electron chi connectivity index (χ3n) is 1.27. The SMILES string of the molecule is Br[13CH2][13CH2]CCC[13CH2][13CH2]Br. The van der Waals surface area contributed by atoms with E-state index in [-0.39, 0.29) is 0 Å². The molecule has 0 amide bonds. The predicted octanol–water partition coefficient (Wildman–Crippen LogP) is 3.73. The van der Waals surface area contributed by atoms with Gasteiger partial charge in [-0.1, -0.05) is 51.1 Å². The van der Waals surface area contributed by atoms with Crippen molar-refractivity contribution in [2.45, 2.75) is 32.1 Å². The van der Waals surface area contributed by atoms with Gasteiger partial charge in [-0.3, -0.25) is 0 Å². The molecule has 9 heavy (non-hydrogen) atoms. The van der Waals surface area contributed by atoms with Gasteiger partial charge >= 0.3 is 0 Å². The van der Waals surface area contributed by atoms with Crippen LogP contribution in [0.25, 0.3) is 0 Å². The number of unbranched alkanes of at least 4 members (excludes halogenated alkanes) is 4. The molecule has 0 saturated heterocycles. The highest BCUT2D eigenvalue weighted by Crippen LogP contribution is 2.05. The first-order valence-corrected chi connectivity index (χ1v) is 5.78. The molecule has 0 rings (SSSR count). The molecule has 0 radical (unpaired) electrons. The Kier molecular flexibility index (Phi) is 9.92. The maximum Gasteiger partial charge on any atom is 0.00313 e. The van der Waals surface area contributed by atoms with Gasteiger partial charge in [-0.2, -0.15) is 0 Å². The van der Waals surface area contributed by atoms with E-state index in [1.54, 1.807) is 0 Å². The number of rotatable bonds is 6. The van der Waals surface area contributed by atoms with Crippen LogP contribution in [0.4, 0.5) is 0 Å². The first-order chi connectivity index (χ1) is 4.41. The third kappa shape index (κ3) is 8.96. The van der Waals surface area contributed by atoms with E-state index < -0.39 is 0 Å². The Balaban J connectivity index is 2.60. The highest BCUT2D eigenvalue weighted by molar-refractivity contribution is 9.09. The Bertz CT molecular complexity index is 40.2. The lowest BCUT2D eigenvalue weighted by Gasteiger charge is -1.95. The number of alkyl halides is 2. The van der Waals surface area contributed by atoms with Gasteiger partial charge in [-0.15, -0.1) is 0 Å². The average Bonchev–Trinajstić information content (AvgIpc) is 1.89. The van der Waals surface area contributed by atoms with Crippen molar-refractivity contribution < 1.29 is 0 Å². The fraction of sp³-hybridized carbons (Fsp3) is 1.00. The van der Waals surface area contributed by atoms with Crippen LogP contribution < -0.4 is 0 Å². The van der Waals surface area contributed by atoms with Crippen molar-refractivity contribution in [2.24, 2.45) is 0 Å². The van der Waals surface area contributed by atoms with Crippen LogP contribution in [0.5, 0.6) is 0 Å². The quantitative estimate of drug-likeness (QED) is 0.388. The summed E-state index contributed by atoms with van der Waals surface area (Å²) in [5.41, 5.74) is 0. The van der Waals surface area contributed by atoms with E-state index >= 15 is 0 Å². The van der Waals surface area contributed by atoms with Crippen molar-refractivity contribution in [1.82, 2.24) is 0 Å². The van der Waals surface area contributed by atoms with Crippen LogP contribution in [-0.4, -0.2) is 10.7 Å². The van der Waals surface area contributed by atoms with Crippen LogP contribution >= 0.6 is 31.9 Å². The Morgan fingerprint density at radius 3 is 1.22 bits per heavy atom. The molecule has 0 aliphatic rings. The zero-order valence-corrected chi connectivity index (χ0v) is 8.88. The fourth-order valence-electron chi connectivity index (χ4n) is 0.719. The molecule has 0 saturated carbocycles. The minimum atomic E-state index is 1.17. The van der Waals surface area contributed by atoms with Crippen molar-refractivity contribution in [2.75, 3.05) is 10.7 Å². The molecule has 0 heterocycles. The first kappa shape index (κ1) is 9.96. The van der Waals surface area contributed by atoms with Gasteiger partial charge in [0.05, 0.1) is 0 Å². The van der Waals surface area contributed by atoms with Gasteiger partial charge in [0.1, 0.15) is 0 Å². The van der Waals surface area contributed by atoms with E-state index in [1.807, 2.05) is 0 Å². The van der Waals surface area contributed by atoms with Crippen molar-refractivity contribution >= 4 is 31.9 Å². The molecule has 0 aromatic heterocycles. The molecule has 0 aliphatic carbocycles. The average molecular weight is 262 g/mol. The van der Waals surface area contributed by atoms with Crippen LogP contribution in [0.3, 0.4) is 0 Å². The maximum atomic E-state index is 3.41. The van der Waals surface area contributed by atoms with Gasteiger partial charge in [-0.05, 0) is 12.8 Å². The summed E-state index contributed by atoms with van der Waals surface area (Å²) in [5.74, 6) is 0. The molecule has 0 aromatic carbocycles. The van der Waals surface area contributed by atoms with Crippen LogP contribution in [0.15, 0.2) is 0 Å². The second kappa shape index (κ2) is 8.96. The van der Waals surface area contributed by atoms with Crippen LogP contribution in [0.2, 0.25) is 0 Å². The molecule has 0 fully saturated rings. The Labute approximate surface area is 74.7 Å². The molecule has 0 bridgehead atoms. The minimum absolute atomic E-state index is 1.17. The molecule has 0 spiro atoms. The zero-order valence-electron chi connectivity index (χ0n) is 5.71. The molecule has 0 atom stereocenters. The third-order valence-corrected chi connectivity index (χ3v) is 2.39. The lowest BCUT2D eigenvalue weighted by atomic mass is 10.4. The summed E-state index contributed by atoms with van der Waals surface area (Å²) in [6.07, 6.45) is 6.85. The second-order valence-corrected chi connectivity index (χ2v) is 3.73. The van der Waals surface area contributed by atoms with E-state index in [0.717, 1.165) is 0 Å². The van der Waals surface area contributed by atoms with Crippen LogP contribution in [-0.2, 0) is 0 Å². The van der Waals surface area contributed by atoms with Crippen LogP contribution in [0.1, 0.15) is 32.1 Å². The summed E-state index contributed by atoms with van der Waals surface area (Å²) >= 11 is 6.82. The first-order valence-electron chi connectivity index (χ1n) is 3.53. The molecule has 56 valence electrons. The largest absolute Gasteiger partial charge is 0.0928 e. The number of halogens is 2. The van der Waals surface area contributed by atoms with Crippen molar-refractivity contribution in [3.8, 4) is 0 Å². The number of hydrogen-bond acceptors (Lipinski definition) is 0. The van der Waals surface area contributed by atoms with Crippen molar-refractivity contribution in [3.05, 3.63) is 0 Å². The topological polar surface area (TPSA) is 0 Å². The van der Waals surface area contributed by atoms with E-state index in [4.69, 9.17) is 0 Å². The summed E-state index contributed by atoms with van der Waals surface area (Å²) in [5, 5.41) is 2.34. The van der Waals surface area contributed by atoms with E-state index in [2.05, 4.69) is 31.9 Å². The normalized spacial score (nSPS) is 10.0. The molecular weight excluding hydrogens is 248 g/mol. The molecule has 0 N–H and O–H groups in total. The fourth-order valence-corrected chi connectivity index (χ4v) is 1.51. The summed E-state index contributed by atoms with van der Waals surface area (Å²) in [6, 6.07) is 0. The Hall–Kier alpha value is 0.960. The lowest BCUT2D eigenvalue weighted by molar-refractivity contribution is 0.665. The van der Waals surface area contributed by atoms with Gasteiger partial charge in [-0.25, -0.2) is 0 Å². The maximum absolute atomic E-state index is 3.41. The summed E-state index contributed by atoms with van der Waals surface area (Å²) < 4.78 is 0. The summed E-state index contributed by atoms with van der Waals surface area (Å²) in [7, 11) is 0. The zero-order chi connectivity index (χ0) is 6.95. The number of hydrogen-bond donors (Lipinski definition) is 0. The smallest absolute Gasteiger partial charge is 0.00313 e. The molecule has 0 aliphatic heterocycles. The monoisotopic (exact) mass is 260 g/mol.